The zero-order valence-electron chi connectivity index (χ0n) is 42.0. The van der Waals surface area contributed by atoms with E-state index in [4.69, 9.17) is 14.2 Å². The molecule has 5 nitrogen and oxygen atoms in total. The van der Waals surface area contributed by atoms with Crippen molar-refractivity contribution in [1.82, 2.24) is 0 Å². The Morgan fingerprint density at radius 2 is 0.703 bits per heavy atom. The highest BCUT2D eigenvalue weighted by molar-refractivity contribution is 5.70. The van der Waals surface area contributed by atoms with Crippen LogP contribution >= 0.6 is 0 Å². The third-order valence-electron chi connectivity index (χ3n) is 11.1. The molecule has 0 aliphatic carbocycles. The fourth-order valence-corrected chi connectivity index (χ4v) is 7.09. The van der Waals surface area contributed by atoms with Crippen LogP contribution in [0.15, 0.2) is 97.2 Å². The number of hydrogen-bond acceptors (Lipinski definition) is 5. The second kappa shape index (κ2) is 54.2. The maximum Gasteiger partial charge on any atom is 0.306 e. The van der Waals surface area contributed by atoms with Crippen molar-refractivity contribution in [2.45, 2.75) is 245 Å². The van der Waals surface area contributed by atoms with Crippen LogP contribution < -0.4 is 0 Å². The van der Waals surface area contributed by atoms with E-state index in [2.05, 4.69) is 118 Å². The Hall–Kier alpha value is -3.18. The summed E-state index contributed by atoms with van der Waals surface area (Å²) in [5.41, 5.74) is 0. The molecule has 0 saturated heterocycles. The molecule has 0 aromatic heterocycles. The molecule has 1 unspecified atom stereocenters. The summed E-state index contributed by atoms with van der Waals surface area (Å²) in [4.78, 5) is 25.4. The maximum atomic E-state index is 12.8. The van der Waals surface area contributed by atoms with Gasteiger partial charge in [-0.1, -0.05) is 201 Å². The monoisotopic (exact) mass is 889 g/mol. The van der Waals surface area contributed by atoms with Crippen LogP contribution in [0.3, 0.4) is 0 Å². The second-order valence-electron chi connectivity index (χ2n) is 17.4. The average molecular weight is 889 g/mol. The number of carbonyl (C=O) groups excluding carboxylic acids is 2. The van der Waals surface area contributed by atoms with E-state index in [0.717, 1.165) is 116 Å². The summed E-state index contributed by atoms with van der Waals surface area (Å²) in [6.07, 6.45) is 72.7. The smallest absolute Gasteiger partial charge is 0.306 e. The lowest BCUT2D eigenvalue weighted by molar-refractivity contribution is -0.163. The maximum absolute atomic E-state index is 12.8. The minimum absolute atomic E-state index is 0.0575. The predicted molar refractivity (Wildman–Crippen MR) is 279 cm³/mol. The van der Waals surface area contributed by atoms with Crippen LogP contribution in [0.2, 0.25) is 0 Å². The molecule has 0 aliphatic heterocycles. The molecule has 0 aromatic carbocycles. The van der Waals surface area contributed by atoms with Gasteiger partial charge in [0.25, 0.3) is 0 Å². The van der Waals surface area contributed by atoms with Crippen LogP contribution in [0.25, 0.3) is 0 Å². The van der Waals surface area contributed by atoms with Crippen LogP contribution in [0.1, 0.15) is 239 Å². The van der Waals surface area contributed by atoms with Crippen LogP contribution in [0.4, 0.5) is 0 Å². The van der Waals surface area contributed by atoms with Crippen molar-refractivity contribution >= 4 is 11.9 Å². The van der Waals surface area contributed by atoms with Gasteiger partial charge in [0.1, 0.15) is 6.61 Å². The molecule has 5 heteroatoms. The molecule has 0 rings (SSSR count). The van der Waals surface area contributed by atoms with Gasteiger partial charge >= 0.3 is 11.9 Å². The topological polar surface area (TPSA) is 61.8 Å². The number of esters is 2. The lowest BCUT2D eigenvalue weighted by Gasteiger charge is -2.18. The summed E-state index contributed by atoms with van der Waals surface area (Å²) >= 11 is 0. The van der Waals surface area contributed by atoms with E-state index in [-0.39, 0.29) is 25.2 Å². The Balaban J connectivity index is 4.36. The minimum atomic E-state index is -0.568. The first-order valence-electron chi connectivity index (χ1n) is 26.8. The molecule has 0 bridgehead atoms. The van der Waals surface area contributed by atoms with Gasteiger partial charge in [-0.2, -0.15) is 0 Å². The third-order valence-corrected chi connectivity index (χ3v) is 11.1. The predicted octanol–water partition coefficient (Wildman–Crippen LogP) is 18.2. The van der Waals surface area contributed by atoms with Gasteiger partial charge in [-0.05, 0) is 122 Å². The first-order valence-corrected chi connectivity index (χ1v) is 26.8. The van der Waals surface area contributed by atoms with E-state index < -0.39 is 6.10 Å². The van der Waals surface area contributed by atoms with E-state index in [1.54, 1.807) is 0 Å². The van der Waals surface area contributed by atoms with Crippen molar-refractivity contribution in [2.75, 3.05) is 19.8 Å². The third kappa shape index (κ3) is 51.5. The average Bonchev–Trinajstić information content (AvgIpc) is 3.30. The van der Waals surface area contributed by atoms with Crippen molar-refractivity contribution in [2.24, 2.45) is 0 Å². The molecule has 0 radical (unpaired) electrons. The molecular formula is C59H100O5. The van der Waals surface area contributed by atoms with Crippen LogP contribution in [0, 0.1) is 0 Å². The Morgan fingerprint density at radius 1 is 0.359 bits per heavy atom. The highest BCUT2D eigenvalue weighted by Gasteiger charge is 2.17. The number of hydrogen-bond donors (Lipinski definition) is 0. The van der Waals surface area contributed by atoms with Crippen LogP contribution in [-0.2, 0) is 23.8 Å². The van der Waals surface area contributed by atoms with Crippen LogP contribution in [-0.4, -0.2) is 37.9 Å². The Morgan fingerprint density at radius 3 is 1.17 bits per heavy atom. The number of rotatable bonds is 48. The lowest BCUT2D eigenvalue weighted by atomic mass is 10.1. The normalized spacial score (nSPS) is 13.0. The number of unbranched alkanes of at least 4 members (excludes halogenated alkanes) is 21. The number of carbonyl (C=O) groups is 2. The van der Waals surface area contributed by atoms with Gasteiger partial charge in [0.05, 0.1) is 6.61 Å². The quantitative estimate of drug-likeness (QED) is 0.0346. The Labute approximate surface area is 396 Å². The fourth-order valence-electron chi connectivity index (χ4n) is 7.09. The standard InChI is InChI=1S/C59H100O5/c1-4-7-10-13-16-19-22-25-27-29-30-31-32-35-37-40-43-46-49-52-58(60)63-56-57(64-59(61)53-50-47-44-41-38-34-24-21-18-15-12-9-6-3)55-62-54-51-48-45-42-39-36-33-28-26-23-20-17-14-11-8-5-2/h8,11,16-17,19-21,24-28,30-31,36,39,57H,4-7,9-10,12-15,18,22-23,29,32-35,37-38,40-56H2,1-3H3/b11-8-,19-16-,20-17-,24-21-,27-25-,28-26-,31-30-,39-36-. The molecule has 0 N–H and O–H groups in total. The van der Waals surface area contributed by atoms with Gasteiger partial charge in [0.15, 0.2) is 6.10 Å². The molecule has 0 heterocycles. The molecular weight excluding hydrogens is 789 g/mol. The molecule has 0 aromatic rings. The van der Waals surface area contributed by atoms with E-state index in [1.807, 2.05) is 0 Å². The zero-order chi connectivity index (χ0) is 46.3. The van der Waals surface area contributed by atoms with Crippen molar-refractivity contribution in [3.05, 3.63) is 97.2 Å². The van der Waals surface area contributed by atoms with Crippen molar-refractivity contribution in [3.63, 3.8) is 0 Å². The van der Waals surface area contributed by atoms with Gasteiger partial charge in [0.2, 0.25) is 0 Å². The van der Waals surface area contributed by atoms with Crippen LogP contribution in [0.5, 0.6) is 0 Å². The summed E-state index contributed by atoms with van der Waals surface area (Å²) in [6, 6.07) is 0. The number of ether oxygens (including phenoxy) is 3. The summed E-state index contributed by atoms with van der Waals surface area (Å²) in [5.74, 6) is -0.442. The highest BCUT2D eigenvalue weighted by atomic mass is 16.6. The van der Waals surface area contributed by atoms with Gasteiger partial charge < -0.3 is 14.2 Å². The van der Waals surface area contributed by atoms with Crippen molar-refractivity contribution in [1.29, 1.82) is 0 Å². The molecule has 0 fully saturated rings. The van der Waals surface area contributed by atoms with Gasteiger partial charge in [-0.3, -0.25) is 9.59 Å². The molecule has 0 spiro atoms. The minimum Gasteiger partial charge on any atom is -0.462 e. The van der Waals surface area contributed by atoms with E-state index >= 15 is 0 Å². The first-order chi connectivity index (χ1) is 31.6. The molecule has 366 valence electrons. The molecule has 0 aliphatic rings. The Kier molecular flexibility index (Phi) is 51.5. The first kappa shape index (κ1) is 60.8. The molecule has 64 heavy (non-hydrogen) atoms. The lowest BCUT2D eigenvalue weighted by Crippen LogP contribution is -2.30. The molecule has 0 saturated carbocycles. The number of allylic oxidation sites excluding steroid dienone is 16. The van der Waals surface area contributed by atoms with E-state index in [1.165, 1.54) is 89.9 Å². The summed E-state index contributed by atoms with van der Waals surface area (Å²) in [7, 11) is 0. The van der Waals surface area contributed by atoms with Crippen molar-refractivity contribution in [3.8, 4) is 0 Å². The van der Waals surface area contributed by atoms with Crippen molar-refractivity contribution < 1.29 is 23.8 Å². The summed E-state index contributed by atoms with van der Waals surface area (Å²) in [5, 5.41) is 0. The summed E-state index contributed by atoms with van der Waals surface area (Å²) in [6.45, 7) is 7.58. The SMILES string of the molecule is CC/C=C\C/C=C\C/C=C\C/C=C\CCCCCOCC(COC(=O)CCCCCCCC/C=C\C/C=C\C/C=C\CCCCC)OC(=O)CCCCCCC/C=C\CCCCCC. The Bertz CT molecular complexity index is 1230. The summed E-state index contributed by atoms with van der Waals surface area (Å²) < 4.78 is 17.4. The van der Waals surface area contributed by atoms with Gasteiger partial charge in [-0.25, -0.2) is 0 Å². The van der Waals surface area contributed by atoms with Gasteiger partial charge in [0, 0.05) is 19.4 Å². The molecule has 1 atom stereocenters. The zero-order valence-corrected chi connectivity index (χ0v) is 42.0. The highest BCUT2D eigenvalue weighted by Crippen LogP contribution is 2.13. The fraction of sp³-hybridized carbons (Fsp3) is 0.695. The second-order valence-corrected chi connectivity index (χ2v) is 17.4. The van der Waals surface area contributed by atoms with Gasteiger partial charge in [-0.15, -0.1) is 0 Å². The van der Waals surface area contributed by atoms with E-state index in [9.17, 15) is 9.59 Å². The largest absolute Gasteiger partial charge is 0.462 e. The van der Waals surface area contributed by atoms with E-state index in [0.29, 0.717) is 19.4 Å². The molecule has 0 amide bonds.